The number of hydrogen-bond donors (Lipinski definition) is 2. The van der Waals surface area contributed by atoms with Crippen LogP contribution < -0.4 is 10.2 Å². The molecule has 3 saturated heterocycles. The van der Waals surface area contributed by atoms with Gasteiger partial charge >= 0.3 is 0 Å². The Hall–Kier alpha value is -4.86. The van der Waals surface area contributed by atoms with E-state index in [1.54, 1.807) is 24.5 Å². The van der Waals surface area contributed by atoms with Crippen molar-refractivity contribution in [3.05, 3.63) is 84.4 Å². The minimum atomic E-state index is 0.0862. The lowest BCUT2D eigenvalue weighted by atomic mass is 9.86. The molecule has 1 aromatic carbocycles. The minimum absolute atomic E-state index is 0.0862. The van der Waals surface area contributed by atoms with E-state index >= 15 is 0 Å². The average molecular weight is 530 g/mol. The van der Waals surface area contributed by atoms with Crippen LogP contribution in [0.5, 0.6) is 0 Å². The zero-order valence-corrected chi connectivity index (χ0v) is 21.7. The van der Waals surface area contributed by atoms with Crippen LogP contribution >= 0.6 is 0 Å². The van der Waals surface area contributed by atoms with Gasteiger partial charge in [-0.25, -0.2) is 15.0 Å². The van der Waals surface area contributed by atoms with Crippen LogP contribution in [0.25, 0.3) is 22.3 Å². The Kier molecular flexibility index (Phi) is 5.26. The van der Waals surface area contributed by atoms with Crippen LogP contribution in [0.2, 0.25) is 0 Å². The highest BCUT2D eigenvalue weighted by Crippen LogP contribution is 2.40. The standard InChI is InChI=1S/C30H27N9O/c40-30(19-9-11-31-12-10-19)39-21-13-22(39)17-38(16-21)27-8-7-20(15-32-27)28-33-24-4-2-1-3-23(24)29(35-28)34-26-14-25(36-37-26)18-5-6-18/h1-4,7-12,14-15,18,21-22H,5-6,13,16-17H2,(H2,33,34,35,36,37). The lowest BCUT2D eigenvalue weighted by Crippen LogP contribution is -2.70. The van der Waals surface area contributed by atoms with Gasteiger partial charge in [-0.05, 0) is 55.7 Å². The molecule has 4 aromatic heterocycles. The van der Waals surface area contributed by atoms with Crippen LogP contribution in [-0.2, 0) is 0 Å². The molecule has 5 aromatic rings. The lowest BCUT2D eigenvalue weighted by molar-refractivity contribution is 0.00576. The third-order valence-electron chi connectivity index (χ3n) is 8.15. The van der Waals surface area contributed by atoms with E-state index in [2.05, 4.69) is 31.5 Å². The Balaban J connectivity index is 1.02. The Morgan fingerprint density at radius 2 is 1.80 bits per heavy atom. The van der Waals surface area contributed by atoms with Gasteiger partial charge in [0.05, 0.1) is 17.6 Å². The van der Waals surface area contributed by atoms with E-state index in [4.69, 9.17) is 15.0 Å². The van der Waals surface area contributed by atoms with Gasteiger partial charge in [-0.1, -0.05) is 12.1 Å². The number of H-pyrrole nitrogens is 1. The largest absolute Gasteiger partial charge is 0.352 e. The predicted molar refractivity (Wildman–Crippen MR) is 151 cm³/mol. The first-order valence-corrected chi connectivity index (χ1v) is 13.7. The van der Waals surface area contributed by atoms with Crippen molar-refractivity contribution in [2.75, 3.05) is 23.3 Å². The van der Waals surface area contributed by atoms with Crippen molar-refractivity contribution in [2.45, 2.75) is 37.3 Å². The Morgan fingerprint density at radius 3 is 2.58 bits per heavy atom. The lowest BCUT2D eigenvalue weighted by Gasteiger charge is -2.56. The molecule has 2 atom stereocenters. The van der Waals surface area contributed by atoms with E-state index < -0.39 is 0 Å². The number of piperidine rings is 1. The fourth-order valence-electron chi connectivity index (χ4n) is 5.90. The van der Waals surface area contributed by atoms with Crippen molar-refractivity contribution >= 4 is 34.3 Å². The molecule has 198 valence electrons. The van der Waals surface area contributed by atoms with Gasteiger partial charge in [-0.2, -0.15) is 5.10 Å². The van der Waals surface area contributed by atoms with Crippen LogP contribution in [0, 0.1) is 0 Å². The van der Waals surface area contributed by atoms with Crippen molar-refractivity contribution < 1.29 is 4.79 Å². The molecular weight excluding hydrogens is 502 g/mol. The third kappa shape index (κ3) is 4.03. The maximum Gasteiger partial charge on any atom is 0.254 e. The number of aromatic amines is 1. The molecule has 1 saturated carbocycles. The first-order chi connectivity index (χ1) is 19.7. The second-order valence-corrected chi connectivity index (χ2v) is 10.8. The number of pyridine rings is 2. The summed E-state index contributed by atoms with van der Waals surface area (Å²) in [5.74, 6) is 3.66. The average Bonchev–Trinajstić information content (AvgIpc) is 3.76. The number of benzene rings is 1. The molecule has 0 radical (unpaired) electrons. The molecule has 2 N–H and O–H groups in total. The van der Waals surface area contributed by atoms with E-state index in [1.807, 2.05) is 47.5 Å². The Morgan fingerprint density at radius 1 is 0.975 bits per heavy atom. The highest BCUT2D eigenvalue weighted by atomic mass is 16.2. The molecule has 1 aliphatic carbocycles. The van der Waals surface area contributed by atoms with E-state index in [0.29, 0.717) is 23.1 Å². The van der Waals surface area contributed by atoms with Crippen molar-refractivity contribution in [1.82, 2.24) is 35.0 Å². The summed E-state index contributed by atoms with van der Waals surface area (Å²) in [7, 11) is 0. The fourth-order valence-corrected chi connectivity index (χ4v) is 5.90. The number of aromatic nitrogens is 6. The highest BCUT2D eigenvalue weighted by molar-refractivity contribution is 5.95. The first kappa shape index (κ1) is 23.1. The van der Waals surface area contributed by atoms with E-state index in [1.165, 1.54) is 18.5 Å². The molecule has 10 nitrogen and oxygen atoms in total. The van der Waals surface area contributed by atoms with Gasteiger partial charge in [0.1, 0.15) is 11.6 Å². The summed E-state index contributed by atoms with van der Waals surface area (Å²) in [5.41, 5.74) is 3.56. The molecule has 40 heavy (non-hydrogen) atoms. The molecule has 4 fully saturated rings. The molecule has 2 bridgehead atoms. The zero-order chi connectivity index (χ0) is 26.6. The number of hydrogen-bond acceptors (Lipinski definition) is 8. The van der Waals surface area contributed by atoms with Gasteiger partial charge in [-0.15, -0.1) is 0 Å². The molecule has 7 heterocycles. The van der Waals surface area contributed by atoms with Gasteiger partial charge in [0.2, 0.25) is 0 Å². The smallest absolute Gasteiger partial charge is 0.254 e. The van der Waals surface area contributed by atoms with Gasteiger partial charge in [0, 0.05) is 65.9 Å². The summed E-state index contributed by atoms with van der Waals surface area (Å²) in [5, 5.41) is 11.9. The molecule has 3 aliphatic heterocycles. The van der Waals surface area contributed by atoms with Crippen molar-refractivity contribution in [2.24, 2.45) is 0 Å². The number of nitrogens with zero attached hydrogens (tertiary/aromatic N) is 7. The number of rotatable bonds is 6. The van der Waals surface area contributed by atoms with Gasteiger partial charge < -0.3 is 15.1 Å². The van der Waals surface area contributed by atoms with Crippen LogP contribution in [0.3, 0.4) is 0 Å². The van der Waals surface area contributed by atoms with Crippen molar-refractivity contribution in [3.8, 4) is 11.4 Å². The topological polar surface area (TPSA) is 116 Å². The maximum absolute atomic E-state index is 13.0. The highest BCUT2D eigenvalue weighted by Gasteiger charge is 2.47. The monoisotopic (exact) mass is 529 g/mol. The molecule has 9 rings (SSSR count). The van der Waals surface area contributed by atoms with Crippen molar-refractivity contribution in [3.63, 3.8) is 0 Å². The van der Waals surface area contributed by atoms with E-state index in [0.717, 1.165) is 47.6 Å². The number of amides is 1. The number of carbonyl (C=O) groups excluding carboxylic acids is 1. The first-order valence-electron chi connectivity index (χ1n) is 13.7. The van der Waals surface area contributed by atoms with E-state index in [-0.39, 0.29) is 18.0 Å². The molecule has 1 amide bonds. The summed E-state index contributed by atoms with van der Waals surface area (Å²) in [6.07, 6.45) is 8.63. The van der Waals surface area contributed by atoms with Gasteiger partial charge in [0.15, 0.2) is 11.6 Å². The van der Waals surface area contributed by atoms with Crippen LogP contribution in [-0.4, -0.2) is 66.1 Å². The summed E-state index contributed by atoms with van der Waals surface area (Å²) in [6, 6.07) is 18.0. The normalized spacial score (nSPS) is 19.9. The van der Waals surface area contributed by atoms with E-state index in [9.17, 15) is 4.79 Å². The number of carbonyl (C=O) groups is 1. The van der Waals surface area contributed by atoms with Crippen LogP contribution in [0.15, 0.2) is 73.2 Å². The summed E-state index contributed by atoms with van der Waals surface area (Å²) in [6.45, 7) is 1.54. The SMILES string of the molecule is O=C(c1ccncc1)N1C2CC1CN(c1ccc(-c3nc(Nc4cc(C5CC5)[nH]n4)c4ccccc4n3)cn1)C2. The Labute approximate surface area is 230 Å². The molecule has 4 aliphatic rings. The molecule has 2 unspecified atom stereocenters. The fraction of sp³-hybridized carbons (Fsp3) is 0.267. The second-order valence-electron chi connectivity index (χ2n) is 10.8. The van der Waals surface area contributed by atoms with Crippen molar-refractivity contribution in [1.29, 1.82) is 0 Å². The molecule has 0 spiro atoms. The minimum Gasteiger partial charge on any atom is -0.352 e. The third-order valence-corrected chi connectivity index (χ3v) is 8.15. The Bertz CT molecular complexity index is 1700. The summed E-state index contributed by atoms with van der Waals surface area (Å²) in [4.78, 5) is 35.8. The zero-order valence-electron chi connectivity index (χ0n) is 21.7. The van der Waals surface area contributed by atoms with Crippen LogP contribution in [0.4, 0.5) is 17.5 Å². The second kappa shape index (κ2) is 9.11. The van der Waals surface area contributed by atoms with Gasteiger partial charge in [0.25, 0.3) is 5.91 Å². The number of para-hydroxylation sites is 1. The number of anilines is 3. The van der Waals surface area contributed by atoms with Gasteiger partial charge in [-0.3, -0.25) is 14.9 Å². The number of nitrogens with one attached hydrogen (secondary N) is 2. The molecular formula is C30H27N9O. The molecule has 10 heteroatoms. The summed E-state index contributed by atoms with van der Waals surface area (Å²) < 4.78 is 0. The van der Waals surface area contributed by atoms with Crippen LogP contribution in [0.1, 0.15) is 41.2 Å². The predicted octanol–water partition coefficient (Wildman–Crippen LogP) is 4.53. The maximum atomic E-state index is 13.0. The summed E-state index contributed by atoms with van der Waals surface area (Å²) >= 11 is 0. The number of piperazine rings is 1. The quantitative estimate of drug-likeness (QED) is 0.330. The number of fused-ring (bicyclic) bond motifs is 3.